The summed E-state index contributed by atoms with van der Waals surface area (Å²) in [6.07, 6.45) is 5.25. The number of aromatic nitrogens is 4. The number of anilines is 1. The van der Waals surface area contributed by atoms with Crippen molar-refractivity contribution in [1.82, 2.24) is 24.5 Å². The van der Waals surface area contributed by atoms with Crippen LogP contribution >= 0.6 is 0 Å². The molecule has 0 atom stereocenters. The van der Waals surface area contributed by atoms with Crippen LogP contribution in [0.2, 0.25) is 0 Å². The lowest BCUT2D eigenvalue weighted by Crippen LogP contribution is -2.42. The molecule has 25 heavy (non-hydrogen) atoms. The highest BCUT2D eigenvalue weighted by atomic mass is 16.2. The Kier molecular flexibility index (Phi) is 4.05. The van der Waals surface area contributed by atoms with Crippen LogP contribution in [0, 0.1) is 6.92 Å². The van der Waals surface area contributed by atoms with E-state index in [0.29, 0.717) is 24.8 Å². The van der Waals surface area contributed by atoms with Crippen molar-refractivity contribution in [2.75, 3.05) is 18.4 Å². The zero-order valence-corrected chi connectivity index (χ0v) is 14.1. The first kappa shape index (κ1) is 15.6. The molecule has 3 aromatic heterocycles. The van der Waals surface area contributed by atoms with E-state index in [2.05, 4.69) is 20.5 Å². The molecule has 7 nitrogen and oxygen atoms in total. The summed E-state index contributed by atoms with van der Waals surface area (Å²) in [7, 11) is 0. The number of fused-ring (bicyclic) bond motifs is 1. The Morgan fingerprint density at radius 1 is 1.20 bits per heavy atom. The molecule has 1 N–H and O–H groups in total. The van der Waals surface area contributed by atoms with Crippen LogP contribution in [-0.4, -0.2) is 49.5 Å². The number of likely N-dealkylation sites (tertiary alicyclic amines) is 1. The van der Waals surface area contributed by atoms with Crippen LogP contribution in [0.5, 0.6) is 0 Å². The van der Waals surface area contributed by atoms with Gasteiger partial charge in [0.15, 0.2) is 0 Å². The monoisotopic (exact) mass is 336 g/mol. The van der Waals surface area contributed by atoms with Crippen molar-refractivity contribution >= 4 is 17.4 Å². The SMILES string of the molecule is Cc1cccc2nc(C(=O)N3CCC(Nc4cccnn4)CC3)cn12. The molecule has 4 heterocycles. The lowest BCUT2D eigenvalue weighted by Gasteiger charge is -2.32. The number of piperidine rings is 1. The Morgan fingerprint density at radius 2 is 2.04 bits per heavy atom. The van der Waals surface area contributed by atoms with Crippen LogP contribution in [-0.2, 0) is 0 Å². The number of amides is 1. The van der Waals surface area contributed by atoms with E-state index < -0.39 is 0 Å². The Morgan fingerprint density at radius 3 is 2.76 bits per heavy atom. The molecule has 7 heteroatoms. The highest BCUT2D eigenvalue weighted by Crippen LogP contribution is 2.17. The second-order valence-electron chi connectivity index (χ2n) is 6.34. The second kappa shape index (κ2) is 6.51. The first-order valence-electron chi connectivity index (χ1n) is 8.49. The van der Waals surface area contributed by atoms with Gasteiger partial charge in [0.2, 0.25) is 0 Å². The van der Waals surface area contributed by atoms with E-state index >= 15 is 0 Å². The zero-order valence-electron chi connectivity index (χ0n) is 14.1. The topological polar surface area (TPSA) is 75.4 Å². The van der Waals surface area contributed by atoms with Gasteiger partial charge in [-0.3, -0.25) is 4.79 Å². The number of imidazole rings is 1. The number of pyridine rings is 1. The van der Waals surface area contributed by atoms with Crippen molar-refractivity contribution in [3.05, 3.63) is 54.1 Å². The van der Waals surface area contributed by atoms with Gasteiger partial charge < -0.3 is 14.6 Å². The van der Waals surface area contributed by atoms with Crippen LogP contribution in [0.4, 0.5) is 5.82 Å². The number of hydrogen-bond donors (Lipinski definition) is 1. The molecule has 0 spiro atoms. The molecule has 4 rings (SSSR count). The van der Waals surface area contributed by atoms with Gasteiger partial charge in [0.1, 0.15) is 17.2 Å². The highest BCUT2D eigenvalue weighted by Gasteiger charge is 2.25. The Bertz CT molecular complexity index is 883. The fourth-order valence-corrected chi connectivity index (χ4v) is 3.23. The normalized spacial score (nSPS) is 15.5. The maximum Gasteiger partial charge on any atom is 0.274 e. The zero-order chi connectivity index (χ0) is 17.2. The number of hydrogen-bond acceptors (Lipinski definition) is 5. The maximum atomic E-state index is 12.8. The molecule has 0 aliphatic carbocycles. The van der Waals surface area contributed by atoms with Gasteiger partial charge in [-0.05, 0) is 44.0 Å². The standard InChI is InChI=1S/C18H20N6O/c1-13-4-2-6-17-21-15(12-24(13)17)18(25)23-10-7-14(8-11-23)20-16-5-3-9-19-22-16/h2-6,9,12,14H,7-8,10-11H2,1H3,(H,20,22). The van der Waals surface area contributed by atoms with Crippen LogP contribution in [0.25, 0.3) is 5.65 Å². The van der Waals surface area contributed by atoms with Crippen LogP contribution in [0.3, 0.4) is 0 Å². The average molecular weight is 336 g/mol. The number of nitrogens with zero attached hydrogens (tertiary/aromatic N) is 5. The molecule has 0 bridgehead atoms. The smallest absolute Gasteiger partial charge is 0.274 e. The molecular formula is C18H20N6O. The first-order chi connectivity index (χ1) is 12.2. The summed E-state index contributed by atoms with van der Waals surface area (Å²) < 4.78 is 1.95. The van der Waals surface area contributed by atoms with Gasteiger partial charge in [0.25, 0.3) is 5.91 Å². The summed E-state index contributed by atoms with van der Waals surface area (Å²) in [5, 5.41) is 11.3. The molecule has 128 valence electrons. The summed E-state index contributed by atoms with van der Waals surface area (Å²) in [4.78, 5) is 19.1. The molecule has 0 unspecified atom stereocenters. The van der Waals surface area contributed by atoms with E-state index in [-0.39, 0.29) is 5.91 Å². The first-order valence-corrected chi connectivity index (χ1v) is 8.49. The number of rotatable bonds is 3. The van der Waals surface area contributed by atoms with Crippen molar-refractivity contribution in [3.63, 3.8) is 0 Å². The van der Waals surface area contributed by atoms with Crippen LogP contribution in [0.15, 0.2) is 42.7 Å². The van der Waals surface area contributed by atoms with Crippen molar-refractivity contribution in [1.29, 1.82) is 0 Å². The largest absolute Gasteiger partial charge is 0.366 e. The van der Waals surface area contributed by atoms with Gasteiger partial charge >= 0.3 is 0 Å². The molecule has 3 aromatic rings. The molecule has 1 saturated heterocycles. The number of aryl methyl sites for hydroxylation is 1. The van der Waals surface area contributed by atoms with Gasteiger partial charge in [-0.25, -0.2) is 4.98 Å². The van der Waals surface area contributed by atoms with E-state index in [1.807, 2.05) is 52.8 Å². The molecule has 1 amide bonds. The summed E-state index contributed by atoms with van der Waals surface area (Å²) in [6.45, 7) is 3.43. The summed E-state index contributed by atoms with van der Waals surface area (Å²) in [5.74, 6) is 0.782. The summed E-state index contributed by atoms with van der Waals surface area (Å²) >= 11 is 0. The van der Waals surface area contributed by atoms with Crippen molar-refractivity contribution < 1.29 is 4.79 Å². The lowest BCUT2D eigenvalue weighted by molar-refractivity contribution is 0.0713. The Balaban J connectivity index is 1.41. The Labute approximate surface area is 145 Å². The fourth-order valence-electron chi connectivity index (χ4n) is 3.23. The minimum atomic E-state index is 0.000975. The number of carbonyl (C=O) groups excluding carboxylic acids is 1. The molecule has 0 aromatic carbocycles. The molecule has 0 radical (unpaired) electrons. The molecule has 1 aliphatic rings. The van der Waals surface area contributed by atoms with E-state index in [4.69, 9.17) is 0 Å². The predicted molar refractivity (Wildman–Crippen MR) is 94.5 cm³/mol. The Hall–Kier alpha value is -2.96. The van der Waals surface area contributed by atoms with Crippen molar-refractivity contribution in [2.24, 2.45) is 0 Å². The van der Waals surface area contributed by atoms with Gasteiger partial charge in [0.05, 0.1) is 0 Å². The minimum absolute atomic E-state index is 0.000975. The van der Waals surface area contributed by atoms with E-state index in [1.165, 1.54) is 0 Å². The van der Waals surface area contributed by atoms with Gasteiger partial charge in [-0.15, -0.1) is 5.10 Å². The van der Waals surface area contributed by atoms with Crippen molar-refractivity contribution in [2.45, 2.75) is 25.8 Å². The van der Waals surface area contributed by atoms with Crippen LogP contribution < -0.4 is 5.32 Å². The quantitative estimate of drug-likeness (QED) is 0.793. The highest BCUT2D eigenvalue weighted by molar-refractivity contribution is 5.93. The lowest BCUT2D eigenvalue weighted by atomic mass is 10.0. The third-order valence-electron chi connectivity index (χ3n) is 4.62. The summed E-state index contributed by atoms with van der Waals surface area (Å²) in [6, 6.07) is 9.95. The minimum Gasteiger partial charge on any atom is -0.366 e. The van der Waals surface area contributed by atoms with Gasteiger partial charge in [-0.1, -0.05) is 6.07 Å². The van der Waals surface area contributed by atoms with E-state index in [1.54, 1.807) is 6.20 Å². The molecule has 0 saturated carbocycles. The van der Waals surface area contributed by atoms with Gasteiger partial charge in [-0.2, -0.15) is 5.10 Å². The fraction of sp³-hybridized carbons (Fsp3) is 0.333. The molecular weight excluding hydrogens is 316 g/mol. The molecule has 1 fully saturated rings. The van der Waals surface area contributed by atoms with E-state index in [9.17, 15) is 4.79 Å². The summed E-state index contributed by atoms with van der Waals surface area (Å²) in [5.41, 5.74) is 2.38. The number of carbonyl (C=O) groups is 1. The van der Waals surface area contributed by atoms with Crippen molar-refractivity contribution in [3.8, 4) is 0 Å². The number of nitrogens with one attached hydrogen (secondary N) is 1. The molecule has 1 aliphatic heterocycles. The third kappa shape index (κ3) is 3.17. The average Bonchev–Trinajstić information content (AvgIpc) is 3.08. The van der Waals surface area contributed by atoms with Crippen LogP contribution in [0.1, 0.15) is 29.0 Å². The van der Waals surface area contributed by atoms with E-state index in [0.717, 1.165) is 30.0 Å². The maximum absolute atomic E-state index is 12.8. The second-order valence-corrected chi connectivity index (χ2v) is 6.34. The predicted octanol–water partition coefficient (Wildman–Crippen LogP) is 2.15. The van der Waals surface area contributed by atoms with Gasteiger partial charge in [0, 0.05) is 37.2 Å². The third-order valence-corrected chi connectivity index (χ3v) is 4.62.